The molecule has 158 valence electrons. The first-order valence-electron chi connectivity index (χ1n) is 9.50. The van der Waals surface area contributed by atoms with Crippen LogP contribution in [0.5, 0.6) is 11.5 Å². The van der Waals surface area contributed by atoms with Gasteiger partial charge in [0.05, 0.1) is 18.8 Å². The molecule has 0 aromatic heterocycles. The van der Waals surface area contributed by atoms with E-state index < -0.39 is 18.1 Å². The van der Waals surface area contributed by atoms with Crippen LogP contribution in [0.3, 0.4) is 0 Å². The molecule has 0 N–H and O–H groups in total. The van der Waals surface area contributed by atoms with Gasteiger partial charge in [-0.25, -0.2) is 14.4 Å². The number of benzene rings is 2. The number of rotatable bonds is 10. The standard InChI is InChI=1S/C23H24O7/c1-3-21(24)27-15-5-4-6-16-28-23(26)30-20-13-9-18(10-14-20)22(25)29-19-11-7-17(2)8-12-19/h3,7-14H,1,4-6,15-16H2,2H3. The predicted octanol–water partition coefficient (Wildman–Crippen LogP) is 4.63. The molecule has 0 aliphatic heterocycles. The number of hydrogen-bond acceptors (Lipinski definition) is 7. The summed E-state index contributed by atoms with van der Waals surface area (Å²) >= 11 is 0. The third kappa shape index (κ3) is 8.18. The Morgan fingerprint density at radius 2 is 1.37 bits per heavy atom. The van der Waals surface area contributed by atoms with Gasteiger partial charge in [0.2, 0.25) is 0 Å². The van der Waals surface area contributed by atoms with Crippen molar-refractivity contribution in [1.82, 2.24) is 0 Å². The van der Waals surface area contributed by atoms with Crippen molar-refractivity contribution in [2.24, 2.45) is 0 Å². The lowest BCUT2D eigenvalue weighted by Crippen LogP contribution is -2.12. The molecule has 0 saturated heterocycles. The van der Waals surface area contributed by atoms with Crippen LogP contribution in [0.2, 0.25) is 0 Å². The Bertz CT molecular complexity index is 854. The van der Waals surface area contributed by atoms with Crippen molar-refractivity contribution in [1.29, 1.82) is 0 Å². The second-order valence-electron chi connectivity index (χ2n) is 6.36. The van der Waals surface area contributed by atoms with Gasteiger partial charge in [0.25, 0.3) is 0 Å². The Balaban J connectivity index is 1.67. The lowest BCUT2D eigenvalue weighted by molar-refractivity contribution is -0.137. The molecule has 0 radical (unpaired) electrons. The number of esters is 2. The van der Waals surface area contributed by atoms with Crippen molar-refractivity contribution in [3.05, 3.63) is 72.3 Å². The highest BCUT2D eigenvalue weighted by atomic mass is 16.7. The van der Waals surface area contributed by atoms with Crippen LogP contribution in [0, 0.1) is 6.92 Å². The fourth-order valence-electron chi connectivity index (χ4n) is 2.33. The summed E-state index contributed by atoms with van der Waals surface area (Å²) in [5, 5.41) is 0. The quantitative estimate of drug-likeness (QED) is 0.185. The minimum Gasteiger partial charge on any atom is -0.463 e. The number of hydrogen-bond donors (Lipinski definition) is 0. The third-order valence-corrected chi connectivity index (χ3v) is 3.94. The Hall–Kier alpha value is -3.61. The molecular formula is C23H24O7. The van der Waals surface area contributed by atoms with Crippen molar-refractivity contribution in [2.45, 2.75) is 26.2 Å². The first-order chi connectivity index (χ1) is 14.5. The summed E-state index contributed by atoms with van der Waals surface area (Å²) in [5.41, 5.74) is 1.39. The maximum absolute atomic E-state index is 12.1. The molecule has 2 aromatic carbocycles. The highest BCUT2D eigenvalue weighted by Crippen LogP contribution is 2.17. The first-order valence-corrected chi connectivity index (χ1v) is 9.50. The summed E-state index contributed by atoms with van der Waals surface area (Å²) < 4.78 is 20.2. The molecule has 0 aliphatic carbocycles. The molecule has 0 amide bonds. The lowest BCUT2D eigenvalue weighted by Gasteiger charge is -2.07. The van der Waals surface area contributed by atoms with Crippen LogP contribution in [0.1, 0.15) is 35.2 Å². The summed E-state index contributed by atoms with van der Waals surface area (Å²) in [6.45, 7) is 5.74. The fourth-order valence-corrected chi connectivity index (χ4v) is 2.33. The molecule has 0 aliphatic rings. The Morgan fingerprint density at radius 1 is 0.800 bits per heavy atom. The van der Waals surface area contributed by atoms with Gasteiger partial charge < -0.3 is 18.9 Å². The summed E-state index contributed by atoms with van der Waals surface area (Å²) in [4.78, 5) is 34.7. The topological polar surface area (TPSA) is 88.1 Å². The van der Waals surface area contributed by atoms with E-state index in [9.17, 15) is 14.4 Å². The van der Waals surface area contributed by atoms with E-state index in [-0.39, 0.29) is 12.4 Å². The smallest absolute Gasteiger partial charge is 0.463 e. The van der Waals surface area contributed by atoms with Gasteiger partial charge in [-0.15, -0.1) is 0 Å². The van der Waals surface area contributed by atoms with Crippen molar-refractivity contribution in [2.75, 3.05) is 13.2 Å². The normalized spacial score (nSPS) is 10.0. The Kier molecular flexibility index (Phi) is 9.12. The molecule has 30 heavy (non-hydrogen) atoms. The van der Waals surface area contributed by atoms with Crippen LogP contribution in [0.4, 0.5) is 4.79 Å². The van der Waals surface area contributed by atoms with Crippen molar-refractivity contribution >= 4 is 18.1 Å². The molecule has 2 aromatic rings. The van der Waals surface area contributed by atoms with Crippen molar-refractivity contribution in [3.8, 4) is 11.5 Å². The van der Waals surface area contributed by atoms with Crippen LogP contribution in [-0.4, -0.2) is 31.3 Å². The molecule has 0 spiro atoms. The summed E-state index contributed by atoms with van der Waals surface area (Å²) in [6, 6.07) is 13.1. The van der Waals surface area contributed by atoms with E-state index >= 15 is 0 Å². The molecule has 7 heteroatoms. The van der Waals surface area contributed by atoms with E-state index in [0.29, 0.717) is 30.8 Å². The lowest BCUT2D eigenvalue weighted by atomic mass is 10.2. The number of unbranched alkanes of at least 4 members (excludes halogenated alkanes) is 2. The van der Waals surface area contributed by atoms with Crippen LogP contribution >= 0.6 is 0 Å². The zero-order valence-electron chi connectivity index (χ0n) is 16.8. The second kappa shape index (κ2) is 12.1. The SMILES string of the molecule is C=CC(=O)OCCCCCOC(=O)Oc1ccc(C(=O)Oc2ccc(C)cc2)cc1. The highest BCUT2D eigenvalue weighted by Gasteiger charge is 2.11. The second-order valence-corrected chi connectivity index (χ2v) is 6.36. The molecule has 0 bridgehead atoms. The third-order valence-electron chi connectivity index (χ3n) is 3.94. The van der Waals surface area contributed by atoms with Crippen LogP contribution < -0.4 is 9.47 Å². The fraction of sp³-hybridized carbons (Fsp3) is 0.261. The maximum atomic E-state index is 12.1. The van der Waals surface area contributed by atoms with Crippen LogP contribution in [0.25, 0.3) is 0 Å². The largest absolute Gasteiger partial charge is 0.513 e. The number of carbonyl (C=O) groups excluding carboxylic acids is 3. The van der Waals surface area contributed by atoms with Gasteiger partial charge in [0.1, 0.15) is 11.5 Å². The van der Waals surface area contributed by atoms with Crippen molar-refractivity contribution in [3.63, 3.8) is 0 Å². The molecule has 7 nitrogen and oxygen atoms in total. The van der Waals surface area contributed by atoms with E-state index in [0.717, 1.165) is 18.1 Å². The number of carbonyl (C=O) groups is 3. The van der Waals surface area contributed by atoms with E-state index in [4.69, 9.17) is 18.9 Å². The summed E-state index contributed by atoms with van der Waals surface area (Å²) in [6.07, 6.45) is 2.29. The molecule has 0 saturated carbocycles. The highest BCUT2D eigenvalue weighted by molar-refractivity contribution is 5.91. The maximum Gasteiger partial charge on any atom is 0.513 e. The van der Waals surface area contributed by atoms with Crippen molar-refractivity contribution < 1.29 is 33.3 Å². The van der Waals surface area contributed by atoms with Crippen LogP contribution in [-0.2, 0) is 14.3 Å². The minimum absolute atomic E-state index is 0.190. The van der Waals surface area contributed by atoms with Crippen LogP contribution in [0.15, 0.2) is 61.2 Å². The van der Waals surface area contributed by atoms with Gasteiger partial charge in [-0.2, -0.15) is 0 Å². The Labute approximate surface area is 175 Å². The monoisotopic (exact) mass is 412 g/mol. The van der Waals surface area contributed by atoms with E-state index in [1.807, 2.05) is 19.1 Å². The average molecular weight is 412 g/mol. The van der Waals surface area contributed by atoms with Gasteiger partial charge in [0.15, 0.2) is 0 Å². The molecule has 0 fully saturated rings. The van der Waals surface area contributed by atoms with E-state index in [2.05, 4.69) is 6.58 Å². The van der Waals surface area contributed by atoms with Gasteiger partial charge >= 0.3 is 18.1 Å². The molecule has 2 rings (SSSR count). The zero-order chi connectivity index (χ0) is 21.8. The van der Waals surface area contributed by atoms with Gasteiger partial charge in [-0.1, -0.05) is 24.3 Å². The van der Waals surface area contributed by atoms with E-state index in [1.54, 1.807) is 12.1 Å². The first kappa shape index (κ1) is 22.7. The zero-order valence-corrected chi connectivity index (χ0v) is 16.8. The molecule has 0 heterocycles. The minimum atomic E-state index is -0.830. The molecule has 0 atom stereocenters. The van der Waals surface area contributed by atoms with Gasteiger partial charge in [-0.3, -0.25) is 0 Å². The summed E-state index contributed by atoms with van der Waals surface area (Å²) in [7, 11) is 0. The molecular weight excluding hydrogens is 388 g/mol. The molecule has 0 unspecified atom stereocenters. The Morgan fingerprint density at radius 3 is 2.00 bits per heavy atom. The summed E-state index contributed by atoms with van der Waals surface area (Å²) in [5.74, 6) is -0.257. The predicted molar refractivity (Wildman–Crippen MR) is 110 cm³/mol. The van der Waals surface area contributed by atoms with E-state index in [1.165, 1.54) is 24.3 Å². The van der Waals surface area contributed by atoms with Gasteiger partial charge in [0, 0.05) is 6.08 Å². The number of aryl methyl sites for hydroxylation is 1. The average Bonchev–Trinajstić information content (AvgIpc) is 2.75. The van der Waals surface area contributed by atoms with Gasteiger partial charge in [-0.05, 0) is 62.6 Å². The number of ether oxygens (including phenoxy) is 4.